The molecule has 0 amide bonds. The van der Waals surface area contributed by atoms with Crippen LogP contribution in [0.5, 0.6) is 0 Å². The van der Waals surface area contributed by atoms with E-state index in [0.29, 0.717) is 16.9 Å². The Bertz CT molecular complexity index is 856. The normalized spacial score (nSPS) is 11.5. The van der Waals surface area contributed by atoms with E-state index >= 15 is 0 Å². The van der Waals surface area contributed by atoms with E-state index in [2.05, 4.69) is 5.16 Å². The van der Waals surface area contributed by atoms with Crippen molar-refractivity contribution in [3.63, 3.8) is 0 Å². The summed E-state index contributed by atoms with van der Waals surface area (Å²) in [4.78, 5) is 0. The van der Waals surface area contributed by atoms with Gasteiger partial charge in [-0.05, 0) is 5.56 Å². The smallest absolute Gasteiger partial charge is 0.259 e. The summed E-state index contributed by atoms with van der Waals surface area (Å²) in [7, 11) is -3.97. The molecule has 1 heterocycles. The largest absolute Gasteiger partial charge is 0.354 e. The second-order valence-corrected chi connectivity index (χ2v) is 5.95. The summed E-state index contributed by atoms with van der Waals surface area (Å²) in [6, 6.07) is 18.2. The summed E-state index contributed by atoms with van der Waals surface area (Å²) < 4.78 is 28.7. The molecule has 0 bridgehead atoms. The van der Waals surface area contributed by atoms with Gasteiger partial charge in [0.2, 0.25) is 5.03 Å². The number of hydrogen-bond acceptors (Lipinski definition) is 4. The van der Waals surface area contributed by atoms with Gasteiger partial charge < -0.3 is 4.52 Å². The van der Waals surface area contributed by atoms with E-state index in [-0.39, 0.29) is 5.03 Å². The minimum atomic E-state index is -3.97. The van der Waals surface area contributed by atoms with Gasteiger partial charge in [0.25, 0.3) is 10.0 Å². The first-order chi connectivity index (χ1) is 10.1. The molecule has 0 radical (unpaired) electrons. The van der Waals surface area contributed by atoms with Crippen LogP contribution in [0.3, 0.4) is 0 Å². The second kappa shape index (κ2) is 5.16. The number of hydrogen-bond donors (Lipinski definition) is 1. The molecule has 0 aliphatic heterocycles. The fourth-order valence-corrected chi connectivity index (χ4v) is 2.75. The van der Waals surface area contributed by atoms with E-state index in [9.17, 15) is 8.42 Å². The lowest BCUT2D eigenvalue weighted by Crippen LogP contribution is -2.13. The van der Waals surface area contributed by atoms with E-state index in [1.807, 2.05) is 48.5 Å². The van der Waals surface area contributed by atoms with Crippen molar-refractivity contribution in [1.82, 2.24) is 5.16 Å². The van der Waals surface area contributed by atoms with E-state index in [1.54, 1.807) is 12.1 Å². The third kappa shape index (κ3) is 2.58. The van der Waals surface area contributed by atoms with Crippen molar-refractivity contribution in [2.45, 2.75) is 5.03 Å². The summed E-state index contributed by atoms with van der Waals surface area (Å²) in [5.41, 5.74) is 1.80. The van der Waals surface area contributed by atoms with Crippen LogP contribution in [0.4, 0.5) is 0 Å². The highest BCUT2D eigenvalue weighted by molar-refractivity contribution is 7.89. The van der Waals surface area contributed by atoms with Gasteiger partial charge in [0.05, 0.1) is 5.56 Å². The number of aromatic nitrogens is 1. The summed E-state index contributed by atoms with van der Waals surface area (Å²) in [6.45, 7) is 0. The number of sulfonamides is 1. The van der Waals surface area contributed by atoms with Gasteiger partial charge in [-0.2, -0.15) is 0 Å². The Hall–Kier alpha value is -2.44. The Morgan fingerprint density at radius 1 is 0.857 bits per heavy atom. The highest BCUT2D eigenvalue weighted by Crippen LogP contribution is 2.36. The fraction of sp³-hybridized carbons (Fsp3) is 0. The highest BCUT2D eigenvalue weighted by atomic mass is 32.2. The molecule has 21 heavy (non-hydrogen) atoms. The molecular formula is C15H12N2O3S. The maximum Gasteiger partial charge on any atom is 0.259 e. The van der Waals surface area contributed by atoms with Crippen molar-refractivity contribution in [2.75, 3.05) is 0 Å². The van der Waals surface area contributed by atoms with Crippen LogP contribution in [0.25, 0.3) is 22.5 Å². The second-order valence-electron chi connectivity index (χ2n) is 4.47. The van der Waals surface area contributed by atoms with Crippen LogP contribution in [0.15, 0.2) is 70.2 Å². The summed E-state index contributed by atoms with van der Waals surface area (Å²) in [6.07, 6.45) is 0. The summed E-state index contributed by atoms with van der Waals surface area (Å²) in [5.74, 6) is 0.380. The zero-order valence-electron chi connectivity index (χ0n) is 10.9. The van der Waals surface area contributed by atoms with Crippen LogP contribution in [-0.4, -0.2) is 13.6 Å². The quantitative estimate of drug-likeness (QED) is 0.805. The van der Waals surface area contributed by atoms with E-state index in [1.165, 1.54) is 0 Å². The van der Waals surface area contributed by atoms with Crippen molar-refractivity contribution in [2.24, 2.45) is 5.14 Å². The SMILES string of the molecule is NS(=O)(=O)c1noc(-c2ccccc2)c1-c1ccccc1. The van der Waals surface area contributed by atoms with E-state index < -0.39 is 10.0 Å². The van der Waals surface area contributed by atoms with Crippen molar-refractivity contribution >= 4 is 10.0 Å². The first kappa shape index (κ1) is 13.5. The van der Waals surface area contributed by atoms with Gasteiger partial charge in [-0.15, -0.1) is 0 Å². The molecule has 0 aliphatic rings. The predicted molar refractivity (Wildman–Crippen MR) is 78.7 cm³/mol. The van der Waals surface area contributed by atoms with Gasteiger partial charge in [-0.25, -0.2) is 13.6 Å². The topological polar surface area (TPSA) is 86.2 Å². The molecule has 2 N–H and O–H groups in total. The standard InChI is InChI=1S/C15H12N2O3S/c16-21(18,19)15-13(11-7-3-1-4-8-11)14(20-17-15)12-9-5-2-6-10-12/h1-10H,(H2,16,18,19). The lowest BCUT2D eigenvalue weighted by Gasteiger charge is -2.03. The Morgan fingerprint density at radius 2 is 1.38 bits per heavy atom. The van der Waals surface area contributed by atoms with Crippen molar-refractivity contribution in [3.8, 4) is 22.5 Å². The molecule has 6 heteroatoms. The van der Waals surface area contributed by atoms with Gasteiger partial charge in [-0.3, -0.25) is 0 Å². The minimum Gasteiger partial charge on any atom is -0.354 e. The Labute approximate surface area is 122 Å². The molecule has 3 rings (SSSR count). The van der Waals surface area contributed by atoms with Gasteiger partial charge in [-0.1, -0.05) is 65.8 Å². The summed E-state index contributed by atoms with van der Waals surface area (Å²) in [5, 5.41) is 8.63. The molecule has 0 spiro atoms. The van der Waals surface area contributed by atoms with Crippen LogP contribution in [0, 0.1) is 0 Å². The van der Waals surface area contributed by atoms with Crippen molar-refractivity contribution < 1.29 is 12.9 Å². The first-order valence-electron chi connectivity index (χ1n) is 6.20. The predicted octanol–water partition coefficient (Wildman–Crippen LogP) is 2.66. The highest BCUT2D eigenvalue weighted by Gasteiger charge is 2.26. The molecule has 3 aromatic rings. The van der Waals surface area contributed by atoms with E-state index in [0.717, 1.165) is 5.56 Å². The third-order valence-corrected chi connectivity index (χ3v) is 3.85. The molecule has 0 atom stereocenters. The molecule has 0 aliphatic carbocycles. The molecule has 5 nitrogen and oxygen atoms in total. The molecule has 1 aromatic heterocycles. The monoisotopic (exact) mass is 300 g/mol. The number of nitrogens with two attached hydrogens (primary N) is 1. The molecule has 0 fully saturated rings. The number of nitrogens with zero attached hydrogens (tertiary/aromatic N) is 1. The maximum atomic E-state index is 11.7. The fourth-order valence-electron chi connectivity index (χ4n) is 2.12. The molecule has 106 valence electrons. The Kier molecular flexibility index (Phi) is 3.32. The van der Waals surface area contributed by atoms with Crippen LogP contribution in [0.1, 0.15) is 0 Å². The zero-order chi connectivity index (χ0) is 14.9. The maximum absolute atomic E-state index is 11.7. The Morgan fingerprint density at radius 3 is 1.90 bits per heavy atom. The lowest BCUT2D eigenvalue weighted by molar-refractivity contribution is 0.412. The molecule has 2 aromatic carbocycles. The number of primary sulfonamides is 1. The zero-order valence-corrected chi connectivity index (χ0v) is 11.7. The third-order valence-electron chi connectivity index (χ3n) is 3.03. The van der Waals surface area contributed by atoms with Crippen LogP contribution >= 0.6 is 0 Å². The Balaban J connectivity index is 2.31. The number of rotatable bonds is 3. The van der Waals surface area contributed by atoms with Gasteiger partial charge >= 0.3 is 0 Å². The summed E-state index contributed by atoms with van der Waals surface area (Å²) >= 11 is 0. The molecule has 0 saturated heterocycles. The lowest BCUT2D eigenvalue weighted by atomic mass is 10.0. The minimum absolute atomic E-state index is 0.257. The number of benzene rings is 2. The van der Waals surface area contributed by atoms with Crippen LogP contribution in [0.2, 0.25) is 0 Å². The average molecular weight is 300 g/mol. The van der Waals surface area contributed by atoms with Crippen molar-refractivity contribution in [1.29, 1.82) is 0 Å². The van der Waals surface area contributed by atoms with E-state index in [4.69, 9.17) is 9.66 Å². The van der Waals surface area contributed by atoms with Gasteiger partial charge in [0.1, 0.15) is 0 Å². The molecule has 0 unspecified atom stereocenters. The first-order valence-corrected chi connectivity index (χ1v) is 7.75. The molecular weight excluding hydrogens is 288 g/mol. The average Bonchev–Trinajstić information content (AvgIpc) is 2.94. The molecule has 0 saturated carbocycles. The van der Waals surface area contributed by atoms with Gasteiger partial charge in [0.15, 0.2) is 5.76 Å². The van der Waals surface area contributed by atoms with Crippen LogP contribution < -0.4 is 5.14 Å². The van der Waals surface area contributed by atoms with Gasteiger partial charge in [0, 0.05) is 5.56 Å². The van der Waals surface area contributed by atoms with Crippen LogP contribution in [-0.2, 0) is 10.0 Å². The van der Waals surface area contributed by atoms with Crippen molar-refractivity contribution in [3.05, 3.63) is 60.7 Å².